The van der Waals surface area contributed by atoms with E-state index >= 15 is 0 Å². The summed E-state index contributed by atoms with van der Waals surface area (Å²) in [6.45, 7) is 5.60. The molecule has 3 atom stereocenters. The predicted octanol–water partition coefficient (Wildman–Crippen LogP) is 2.38. The van der Waals surface area contributed by atoms with E-state index in [1.165, 1.54) is 32.1 Å². The first-order valence-electron chi connectivity index (χ1n) is 8.60. The van der Waals surface area contributed by atoms with Crippen LogP contribution in [0.1, 0.15) is 45.4 Å². The van der Waals surface area contributed by atoms with Gasteiger partial charge in [-0.2, -0.15) is 0 Å². The molecule has 0 bridgehead atoms. The minimum Gasteiger partial charge on any atom is -0.385 e. The monoisotopic (exact) mass is 296 g/mol. The van der Waals surface area contributed by atoms with Crippen LogP contribution in [0, 0.1) is 11.8 Å². The molecule has 122 valence electrons. The Morgan fingerprint density at radius 2 is 2.05 bits per heavy atom. The molecule has 1 heterocycles. The first kappa shape index (κ1) is 16.8. The van der Waals surface area contributed by atoms with Crippen LogP contribution in [0.25, 0.3) is 0 Å². The average molecular weight is 296 g/mol. The highest BCUT2D eigenvalue weighted by molar-refractivity contribution is 5.78. The van der Waals surface area contributed by atoms with Gasteiger partial charge in [0, 0.05) is 32.8 Å². The van der Waals surface area contributed by atoms with Crippen LogP contribution in [-0.4, -0.2) is 62.1 Å². The van der Waals surface area contributed by atoms with Crippen molar-refractivity contribution >= 4 is 5.91 Å². The summed E-state index contributed by atoms with van der Waals surface area (Å²) in [4.78, 5) is 17.0. The number of hydrogen-bond acceptors (Lipinski definition) is 3. The normalized spacial score (nSPS) is 29.5. The third-order valence-corrected chi connectivity index (χ3v) is 5.35. The van der Waals surface area contributed by atoms with Crippen molar-refractivity contribution in [1.82, 2.24) is 9.80 Å². The topological polar surface area (TPSA) is 32.8 Å². The zero-order chi connectivity index (χ0) is 15.2. The minimum atomic E-state index is 0.332. The van der Waals surface area contributed by atoms with Crippen LogP contribution in [0.15, 0.2) is 0 Å². The molecular formula is C17H32N2O2. The number of ether oxygens (including phenoxy) is 1. The van der Waals surface area contributed by atoms with E-state index in [0.717, 1.165) is 38.0 Å². The molecule has 1 aliphatic heterocycles. The lowest BCUT2D eigenvalue weighted by Crippen LogP contribution is -2.54. The molecule has 1 saturated carbocycles. The second kappa shape index (κ2) is 8.14. The second-order valence-corrected chi connectivity index (χ2v) is 6.95. The Bertz CT molecular complexity index is 335. The van der Waals surface area contributed by atoms with Crippen molar-refractivity contribution in [3.8, 4) is 0 Å². The molecule has 0 spiro atoms. The Morgan fingerprint density at radius 3 is 2.81 bits per heavy atom. The number of piperidine rings is 1. The third kappa shape index (κ3) is 4.43. The van der Waals surface area contributed by atoms with E-state index in [1.807, 2.05) is 7.05 Å². The lowest BCUT2D eigenvalue weighted by Gasteiger charge is -2.47. The molecule has 2 aliphatic rings. The van der Waals surface area contributed by atoms with Gasteiger partial charge in [-0.15, -0.1) is 0 Å². The molecule has 2 rings (SSSR count). The third-order valence-electron chi connectivity index (χ3n) is 5.35. The molecular weight excluding hydrogens is 264 g/mol. The van der Waals surface area contributed by atoms with Crippen molar-refractivity contribution in [2.24, 2.45) is 11.8 Å². The molecule has 3 unspecified atom stereocenters. The summed E-state index contributed by atoms with van der Waals surface area (Å²) >= 11 is 0. The summed E-state index contributed by atoms with van der Waals surface area (Å²) in [5, 5.41) is 0. The lowest BCUT2D eigenvalue weighted by atomic mass is 9.72. The van der Waals surface area contributed by atoms with Crippen molar-refractivity contribution in [3.05, 3.63) is 0 Å². The molecule has 0 aromatic rings. The van der Waals surface area contributed by atoms with E-state index in [-0.39, 0.29) is 0 Å². The Balaban J connectivity index is 1.86. The van der Waals surface area contributed by atoms with Crippen LogP contribution < -0.4 is 0 Å². The highest BCUT2D eigenvalue weighted by Crippen LogP contribution is 2.38. The van der Waals surface area contributed by atoms with Crippen LogP contribution in [0.3, 0.4) is 0 Å². The number of rotatable bonds is 6. The molecule has 0 radical (unpaired) electrons. The summed E-state index contributed by atoms with van der Waals surface area (Å²) in [7, 11) is 3.77. The number of hydrogen-bond donors (Lipinski definition) is 0. The highest BCUT2D eigenvalue weighted by atomic mass is 16.5. The van der Waals surface area contributed by atoms with E-state index in [1.54, 1.807) is 7.11 Å². The van der Waals surface area contributed by atoms with E-state index in [2.05, 4.69) is 16.7 Å². The maximum absolute atomic E-state index is 12.7. The first-order chi connectivity index (χ1) is 10.1. The van der Waals surface area contributed by atoms with Crippen LogP contribution in [0.5, 0.6) is 0 Å². The van der Waals surface area contributed by atoms with Gasteiger partial charge in [0.15, 0.2) is 0 Å². The fraction of sp³-hybridized carbons (Fsp3) is 0.941. The van der Waals surface area contributed by atoms with Crippen LogP contribution in [-0.2, 0) is 9.53 Å². The second-order valence-electron chi connectivity index (χ2n) is 6.95. The fourth-order valence-electron chi connectivity index (χ4n) is 4.10. The number of likely N-dealkylation sites (tertiary alicyclic amines) is 1. The number of amides is 1. The number of nitrogens with zero attached hydrogens (tertiary/aromatic N) is 2. The van der Waals surface area contributed by atoms with Gasteiger partial charge in [-0.25, -0.2) is 0 Å². The first-order valence-corrected chi connectivity index (χ1v) is 8.60. The van der Waals surface area contributed by atoms with E-state index in [0.29, 0.717) is 18.5 Å². The SMILES string of the molecule is COCCCN(C)CC(=O)N1CCC(C)C2CCCCC21. The molecule has 1 aliphatic carbocycles. The van der Waals surface area contributed by atoms with Gasteiger partial charge in [0.1, 0.15) is 0 Å². The molecule has 0 N–H and O–H groups in total. The van der Waals surface area contributed by atoms with Gasteiger partial charge in [0.25, 0.3) is 0 Å². The molecule has 0 aromatic carbocycles. The van der Waals surface area contributed by atoms with Gasteiger partial charge in [-0.3, -0.25) is 9.69 Å². The van der Waals surface area contributed by atoms with Crippen LogP contribution >= 0.6 is 0 Å². The number of methoxy groups -OCH3 is 1. The van der Waals surface area contributed by atoms with Gasteiger partial charge in [0.2, 0.25) is 5.91 Å². The minimum absolute atomic E-state index is 0.332. The molecule has 4 heteroatoms. The van der Waals surface area contributed by atoms with Gasteiger partial charge in [-0.1, -0.05) is 19.8 Å². The summed E-state index contributed by atoms with van der Waals surface area (Å²) in [6, 6.07) is 0.516. The summed E-state index contributed by atoms with van der Waals surface area (Å²) in [5.74, 6) is 1.87. The zero-order valence-electron chi connectivity index (χ0n) is 14.0. The lowest BCUT2D eigenvalue weighted by molar-refractivity contribution is -0.140. The molecule has 0 aromatic heterocycles. The van der Waals surface area contributed by atoms with E-state index < -0.39 is 0 Å². The Kier molecular flexibility index (Phi) is 6.49. The Hall–Kier alpha value is -0.610. The average Bonchev–Trinajstić information content (AvgIpc) is 2.48. The maximum atomic E-state index is 12.7. The molecule has 21 heavy (non-hydrogen) atoms. The summed E-state index contributed by atoms with van der Waals surface area (Å²) in [5.41, 5.74) is 0. The molecule has 4 nitrogen and oxygen atoms in total. The number of carbonyl (C=O) groups excluding carboxylic acids is 1. The van der Waals surface area contributed by atoms with Crippen LogP contribution in [0.2, 0.25) is 0 Å². The highest BCUT2D eigenvalue weighted by Gasteiger charge is 2.39. The van der Waals surface area contributed by atoms with Gasteiger partial charge >= 0.3 is 0 Å². The van der Waals surface area contributed by atoms with Crippen molar-refractivity contribution in [3.63, 3.8) is 0 Å². The Labute approximate surface area is 129 Å². The van der Waals surface area contributed by atoms with Gasteiger partial charge in [-0.05, 0) is 44.6 Å². The zero-order valence-corrected chi connectivity index (χ0v) is 14.0. The number of carbonyl (C=O) groups is 1. The maximum Gasteiger partial charge on any atom is 0.236 e. The van der Waals surface area contributed by atoms with Crippen molar-refractivity contribution in [1.29, 1.82) is 0 Å². The molecule has 2 fully saturated rings. The van der Waals surface area contributed by atoms with Crippen molar-refractivity contribution in [2.45, 2.75) is 51.5 Å². The standard InChI is InChI=1S/C17H32N2O2/c1-14-9-11-19(16-8-5-4-7-15(14)16)17(20)13-18(2)10-6-12-21-3/h14-16H,4-13H2,1-3H3. The number of fused-ring (bicyclic) bond motifs is 1. The molecule has 1 saturated heterocycles. The largest absolute Gasteiger partial charge is 0.385 e. The smallest absolute Gasteiger partial charge is 0.236 e. The van der Waals surface area contributed by atoms with Gasteiger partial charge in [0.05, 0.1) is 6.54 Å². The van der Waals surface area contributed by atoms with Crippen molar-refractivity contribution in [2.75, 3.05) is 40.4 Å². The quantitative estimate of drug-likeness (QED) is 0.706. The number of likely N-dealkylation sites (N-methyl/N-ethyl adjacent to an activating group) is 1. The van der Waals surface area contributed by atoms with E-state index in [4.69, 9.17) is 4.74 Å². The Morgan fingerprint density at radius 1 is 1.29 bits per heavy atom. The molecule has 1 amide bonds. The van der Waals surface area contributed by atoms with E-state index in [9.17, 15) is 4.79 Å². The van der Waals surface area contributed by atoms with Crippen LogP contribution in [0.4, 0.5) is 0 Å². The van der Waals surface area contributed by atoms with Crippen molar-refractivity contribution < 1.29 is 9.53 Å². The summed E-state index contributed by atoms with van der Waals surface area (Å²) < 4.78 is 5.07. The summed E-state index contributed by atoms with van der Waals surface area (Å²) in [6.07, 6.45) is 7.35. The van der Waals surface area contributed by atoms with Gasteiger partial charge < -0.3 is 9.64 Å². The fourth-order valence-corrected chi connectivity index (χ4v) is 4.10. The predicted molar refractivity (Wildman–Crippen MR) is 85.2 cm³/mol.